The zero-order valence-electron chi connectivity index (χ0n) is 8.45. The van der Waals surface area contributed by atoms with Crippen LogP contribution in [0.4, 0.5) is 18.3 Å². The largest absolute Gasteiger partial charge is 0.445 e. The molecule has 16 heavy (non-hydrogen) atoms. The molecule has 1 aromatic rings. The lowest BCUT2D eigenvalue weighted by molar-refractivity contribution is -0.138. The van der Waals surface area contributed by atoms with Gasteiger partial charge in [-0.3, -0.25) is 0 Å². The van der Waals surface area contributed by atoms with Crippen LogP contribution in [0.5, 0.6) is 0 Å². The molecule has 0 radical (unpaired) electrons. The number of hydrogen-bond donors (Lipinski definition) is 1. The van der Waals surface area contributed by atoms with Gasteiger partial charge in [-0.05, 0) is 6.42 Å². The number of alkyl halides is 3. The summed E-state index contributed by atoms with van der Waals surface area (Å²) >= 11 is 0.503. The molecule has 0 aliphatic carbocycles. The topological polar surface area (TPSA) is 49.2 Å². The lowest BCUT2D eigenvalue weighted by Crippen LogP contribution is -2.61. The van der Waals surface area contributed by atoms with Crippen LogP contribution in [-0.4, -0.2) is 34.0 Å². The van der Waals surface area contributed by atoms with Gasteiger partial charge < -0.3 is 10.0 Å². The molecular formula is C8H10F3N3OS. The highest BCUT2D eigenvalue weighted by Gasteiger charge is 2.43. The fourth-order valence-electron chi connectivity index (χ4n) is 1.48. The van der Waals surface area contributed by atoms with Crippen molar-refractivity contribution in [2.45, 2.75) is 25.1 Å². The van der Waals surface area contributed by atoms with E-state index < -0.39 is 16.8 Å². The summed E-state index contributed by atoms with van der Waals surface area (Å²) < 4.78 is 36.7. The standard InChI is InChI=1S/C8H10F3N3OS/c1-2-7(15)3-14(4-7)6-13-12-5(16-6)8(9,10)11/h15H,2-4H2,1H3. The summed E-state index contributed by atoms with van der Waals surface area (Å²) in [6.07, 6.45) is -3.86. The summed E-state index contributed by atoms with van der Waals surface area (Å²) in [6.45, 7) is 2.46. The van der Waals surface area contributed by atoms with E-state index in [4.69, 9.17) is 0 Å². The lowest BCUT2D eigenvalue weighted by atomic mass is 9.92. The highest BCUT2D eigenvalue weighted by Crippen LogP contribution is 2.37. The Balaban J connectivity index is 2.06. The van der Waals surface area contributed by atoms with Gasteiger partial charge in [0.1, 0.15) is 0 Å². The van der Waals surface area contributed by atoms with E-state index in [9.17, 15) is 18.3 Å². The molecule has 0 unspecified atom stereocenters. The van der Waals surface area contributed by atoms with Gasteiger partial charge in [0.05, 0.1) is 18.7 Å². The van der Waals surface area contributed by atoms with Crippen molar-refractivity contribution in [3.8, 4) is 0 Å². The van der Waals surface area contributed by atoms with Crippen molar-refractivity contribution in [3.63, 3.8) is 0 Å². The zero-order chi connectivity index (χ0) is 12.0. The quantitative estimate of drug-likeness (QED) is 0.868. The van der Waals surface area contributed by atoms with E-state index >= 15 is 0 Å². The summed E-state index contributed by atoms with van der Waals surface area (Å²) in [7, 11) is 0. The molecule has 2 heterocycles. The third-order valence-electron chi connectivity index (χ3n) is 2.56. The summed E-state index contributed by atoms with van der Waals surface area (Å²) in [5, 5.41) is 15.5. The van der Waals surface area contributed by atoms with E-state index in [1.54, 1.807) is 4.90 Å². The van der Waals surface area contributed by atoms with Crippen molar-refractivity contribution in [3.05, 3.63) is 5.01 Å². The number of halogens is 3. The van der Waals surface area contributed by atoms with Gasteiger partial charge in [-0.25, -0.2) is 0 Å². The molecule has 1 fully saturated rings. The van der Waals surface area contributed by atoms with Crippen LogP contribution in [-0.2, 0) is 6.18 Å². The van der Waals surface area contributed by atoms with Gasteiger partial charge in [-0.15, -0.1) is 10.2 Å². The molecular weight excluding hydrogens is 243 g/mol. The number of rotatable bonds is 2. The Labute approximate surface area is 93.7 Å². The predicted molar refractivity (Wildman–Crippen MR) is 52.4 cm³/mol. The molecule has 0 atom stereocenters. The second-order valence-corrected chi connectivity index (χ2v) is 4.78. The van der Waals surface area contributed by atoms with Crippen molar-refractivity contribution in [2.24, 2.45) is 0 Å². The molecule has 0 saturated carbocycles. The minimum absolute atomic E-state index is 0.213. The number of aliphatic hydroxyl groups is 1. The van der Waals surface area contributed by atoms with E-state index in [1.807, 2.05) is 6.92 Å². The van der Waals surface area contributed by atoms with Gasteiger partial charge in [-0.2, -0.15) is 13.2 Å². The molecule has 0 aromatic carbocycles. The Morgan fingerprint density at radius 2 is 2.06 bits per heavy atom. The van der Waals surface area contributed by atoms with Crippen LogP contribution in [0.15, 0.2) is 0 Å². The molecule has 0 amide bonds. The maximum atomic E-state index is 12.2. The van der Waals surface area contributed by atoms with E-state index in [2.05, 4.69) is 10.2 Å². The number of β-amino-alcohol motifs (C(OH)–C–C–N with tert-alkyl or cyclic N) is 1. The smallest absolute Gasteiger partial charge is 0.386 e. The van der Waals surface area contributed by atoms with Gasteiger partial charge >= 0.3 is 6.18 Å². The average Bonchev–Trinajstić information content (AvgIpc) is 2.60. The normalized spacial score (nSPS) is 19.7. The molecule has 8 heteroatoms. The monoisotopic (exact) mass is 253 g/mol. The van der Waals surface area contributed by atoms with Crippen LogP contribution in [0.25, 0.3) is 0 Å². The SMILES string of the molecule is CCC1(O)CN(c2nnc(C(F)(F)F)s2)C1. The van der Waals surface area contributed by atoms with Crippen molar-refractivity contribution in [2.75, 3.05) is 18.0 Å². The molecule has 0 bridgehead atoms. The molecule has 1 N–H and O–H groups in total. The minimum Gasteiger partial charge on any atom is -0.386 e. The highest BCUT2D eigenvalue weighted by atomic mass is 32.1. The van der Waals surface area contributed by atoms with Crippen LogP contribution < -0.4 is 4.90 Å². The number of aromatic nitrogens is 2. The Morgan fingerprint density at radius 3 is 2.50 bits per heavy atom. The van der Waals surface area contributed by atoms with Gasteiger partial charge in [-0.1, -0.05) is 18.3 Å². The Hall–Kier alpha value is -0.890. The van der Waals surface area contributed by atoms with Crippen molar-refractivity contribution in [1.29, 1.82) is 0 Å². The maximum Gasteiger partial charge on any atom is 0.445 e. The van der Waals surface area contributed by atoms with Crippen molar-refractivity contribution in [1.82, 2.24) is 10.2 Å². The fraction of sp³-hybridized carbons (Fsp3) is 0.750. The molecule has 1 aromatic heterocycles. The maximum absolute atomic E-state index is 12.2. The first kappa shape index (κ1) is 11.6. The first-order valence-corrected chi connectivity index (χ1v) is 5.54. The predicted octanol–water partition coefficient (Wildman–Crippen LogP) is 1.52. The Kier molecular flexibility index (Phi) is 2.58. The minimum atomic E-state index is -4.44. The van der Waals surface area contributed by atoms with Crippen LogP contribution in [0, 0.1) is 0 Å². The van der Waals surface area contributed by atoms with E-state index in [1.165, 1.54) is 0 Å². The molecule has 1 aliphatic rings. The van der Waals surface area contributed by atoms with E-state index in [-0.39, 0.29) is 5.13 Å². The summed E-state index contributed by atoms with van der Waals surface area (Å²) in [5.41, 5.74) is -0.788. The summed E-state index contributed by atoms with van der Waals surface area (Å²) in [4.78, 5) is 1.59. The van der Waals surface area contributed by atoms with Crippen LogP contribution in [0.1, 0.15) is 18.4 Å². The van der Waals surface area contributed by atoms with Crippen LogP contribution >= 0.6 is 11.3 Å². The van der Waals surface area contributed by atoms with Crippen molar-refractivity contribution >= 4 is 16.5 Å². The van der Waals surface area contributed by atoms with Gasteiger partial charge in [0.15, 0.2) is 0 Å². The molecule has 1 saturated heterocycles. The number of anilines is 1. The zero-order valence-corrected chi connectivity index (χ0v) is 9.27. The Morgan fingerprint density at radius 1 is 1.44 bits per heavy atom. The molecule has 1 aliphatic heterocycles. The third-order valence-corrected chi connectivity index (χ3v) is 3.58. The first-order chi connectivity index (χ1) is 7.34. The fourth-order valence-corrected chi connectivity index (χ4v) is 2.19. The van der Waals surface area contributed by atoms with Crippen LogP contribution in [0.3, 0.4) is 0 Å². The van der Waals surface area contributed by atoms with Crippen molar-refractivity contribution < 1.29 is 18.3 Å². The van der Waals surface area contributed by atoms with Crippen LogP contribution in [0.2, 0.25) is 0 Å². The number of hydrogen-bond acceptors (Lipinski definition) is 5. The van der Waals surface area contributed by atoms with Gasteiger partial charge in [0.25, 0.3) is 0 Å². The lowest BCUT2D eigenvalue weighted by Gasteiger charge is -2.45. The van der Waals surface area contributed by atoms with E-state index in [0.717, 1.165) is 0 Å². The second-order valence-electron chi connectivity index (χ2n) is 3.82. The first-order valence-electron chi connectivity index (χ1n) is 4.72. The number of nitrogens with zero attached hydrogens (tertiary/aromatic N) is 3. The van der Waals surface area contributed by atoms with E-state index in [0.29, 0.717) is 30.8 Å². The average molecular weight is 253 g/mol. The molecule has 2 rings (SSSR count). The second kappa shape index (κ2) is 3.56. The molecule has 0 spiro atoms. The molecule has 4 nitrogen and oxygen atoms in total. The Bertz CT molecular complexity index is 386. The van der Waals surface area contributed by atoms with Gasteiger partial charge in [0.2, 0.25) is 10.1 Å². The summed E-state index contributed by atoms with van der Waals surface area (Å²) in [6, 6.07) is 0. The third kappa shape index (κ3) is 1.99. The summed E-state index contributed by atoms with van der Waals surface area (Å²) in [5.74, 6) is 0. The molecule has 90 valence electrons. The van der Waals surface area contributed by atoms with Gasteiger partial charge in [0, 0.05) is 0 Å². The highest BCUT2D eigenvalue weighted by molar-refractivity contribution is 7.15.